The van der Waals surface area contributed by atoms with Gasteiger partial charge in [0.2, 0.25) is 0 Å². The number of carbonyl (C=O) groups is 2. The molecule has 2 bridgehead atoms. The molecule has 2 aromatic carbocycles. The van der Waals surface area contributed by atoms with Gasteiger partial charge in [-0.1, -0.05) is 18.2 Å². The summed E-state index contributed by atoms with van der Waals surface area (Å²) in [6.07, 6.45) is -2.33. The summed E-state index contributed by atoms with van der Waals surface area (Å²) in [7, 11) is 0. The monoisotopic (exact) mass is 362 g/mol. The van der Waals surface area contributed by atoms with Crippen molar-refractivity contribution in [2.75, 3.05) is 0 Å². The van der Waals surface area contributed by atoms with E-state index in [1.807, 2.05) is 0 Å². The molecule has 6 aliphatic rings. The van der Waals surface area contributed by atoms with Gasteiger partial charge in [-0.3, -0.25) is 9.59 Å². The number of fused-ring (bicyclic) bond motifs is 2. The molecule has 2 aromatic rings. The van der Waals surface area contributed by atoms with E-state index in [0.717, 1.165) is 0 Å². The van der Waals surface area contributed by atoms with Crippen LogP contribution in [-0.4, -0.2) is 41.1 Å². The third-order valence-corrected chi connectivity index (χ3v) is 6.69. The first kappa shape index (κ1) is 13.4. The highest BCUT2D eigenvalue weighted by atomic mass is 16.8. The van der Waals surface area contributed by atoms with Gasteiger partial charge in [0.1, 0.15) is 17.6 Å². The molecule has 0 amide bonds. The highest BCUT2D eigenvalue weighted by Gasteiger charge is 2.81. The highest BCUT2D eigenvalue weighted by Crippen LogP contribution is 2.70. The predicted octanol–water partition coefficient (Wildman–Crippen LogP) is 1.14. The summed E-state index contributed by atoms with van der Waals surface area (Å²) in [5.41, 5.74) is 1.53. The number of ether oxygens (including phenoxy) is 4. The Bertz CT molecular complexity index is 1190. The Hall–Kier alpha value is -2.74. The Labute approximate surface area is 151 Å². The van der Waals surface area contributed by atoms with E-state index in [-0.39, 0.29) is 22.9 Å². The number of hydrogen-bond donors (Lipinski definition) is 1. The van der Waals surface area contributed by atoms with E-state index in [1.54, 1.807) is 24.3 Å². The van der Waals surface area contributed by atoms with Crippen LogP contribution in [0, 0.1) is 0 Å². The fraction of sp³-hybridized carbons (Fsp3) is 0.300. The van der Waals surface area contributed by atoms with Crippen LogP contribution in [0.4, 0.5) is 0 Å². The zero-order chi connectivity index (χ0) is 17.9. The molecule has 0 unspecified atom stereocenters. The summed E-state index contributed by atoms with van der Waals surface area (Å²) >= 11 is 0. The zero-order valence-corrected chi connectivity index (χ0v) is 13.6. The van der Waals surface area contributed by atoms with Crippen molar-refractivity contribution in [1.29, 1.82) is 0 Å². The SMILES string of the molecule is O=C1c2c(O)ccc3c2[C@@]2(Oc4cccc5c4[C@@]3(O2)[C@@H]2O[C@@H]2C5=O)[C@@H]2O[C@H]12. The van der Waals surface area contributed by atoms with Crippen molar-refractivity contribution in [3.8, 4) is 11.5 Å². The Kier molecular flexibility index (Phi) is 1.75. The number of epoxide rings is 2. The van der Waals surface area contributed by atoms with E-state index in [0.29, 0.717) is 28.0 Å². The minimum absolute atomic E-state index is 0.0823. The summed E-state index contributed by atoms with van der Waals surface area (Å²) < 4.78 is 24.3. The van der Waals surface area contributed by atoms with E-state index < -0.39 is 35.8 Å². The molecule has 1 N–H and O–H groups in total. The van der Waals surface area contributed by atoms with Crippen molar-refractivity contribution in [1.82, 2.24) is 0 Å². The van der Waals surface area contributed by atoms with Crippen molar-refractivity contribution in [3.05, 3.63) is 58.1 Å². The van der Waals surface area contributed by atoms with E-state index in [2.05, 4.69) is 0 Å². The third kappa shape index (κ3) is 1.11. The van der Waals surface area contributed by atoms with Gasteiger partial charge in [-0.2, -0.15) is 0 Å². The highest BCUT2D eigenvalue weighted by molar-refractivity contribution is 6.09. The molecule has 4 aliphatic heterocycles. The Morgan fingerprint density at radius 1 is 0.926 bits per heavy atom. The molecule has 7 nitrogen and oxygen atoms in total. The topological polar surface area (TPSA) is 97.9 Å². The number of carbonyl (C=O) groups excluding carboxylic acids is 2. The van der Waals surface area contributed by atoms with E-state index in [4.69, 9.17) is 18.9 Å². The molecule has 27 heavy (non-hydrogen) atoms. The first-order chi connectivity index (χ1) is 13.1. The molecule has 2 fully saturated rings. The maximum absolute atomic E-state index is 12.8. The summed E-state index contributed by atoms with van der Waals surface area (Å²) in [5.74, 6) is -1.24. The lowest BCUT2D eigenvalue weighted by Gasteiger charge is -2.43. The van der Waals surface area contributed by atoms with Gasteiger partial charge in [0, 0.05) is 22.3 Å². The molecule has 7 heteroatoms. The van der Waals surface area contributed by atoms with Gasteiger partial charge in [-0.15, -0.1) is 0 Å². The summed E-state index contributed by atoms with van der Waals surface area (Å²) in [6, 6.07) is 8.56. The maximum Gasteiger partial charge on any atom is 0.269 e. The number of phenols is 1. The molecule has 6 atom stereocenters. The lowest BCUT2D eigenvalue weighted by molar-refractivity contribution is -0.262. The summed E-state index contributed by atoms with van der Waals surface area (Å²) in [4.78, 5) is 25.5. The number of hydrogen-bond acceptors (Lipinski definition) is 7. The van der Waals surface area contributed by atoms with Crippen molar-refractivity contribution in [2.24, 2.45) is 0 Å². The first-order valence-corrected chi connectivity index (χ1v) is 8.87. The van der Waals surface area contributed by atoms with Crippen LogP contribution in [0.1, 0.15) is 37.4 Å². The average Bonchev–Trinajstić information content (AvgIpc) is 3.56. The second-order valence-corrected chi connectivity index (χ2v) is 7.85. The second kappa shape index (κ2) is 3.52. The largest absolute Gasteiger partial charge is 0.507 e. The van der Waals surface area contributed by atoms with Gasteiger partial charge in [0.25, 0.3) is 5.79 Å². The van der Waals surface area contributed by atoms with Gasteiger partial charge >= 0.3 is 0 Å². The molecule has 2 saturated heterocycles. The molecular formula is C20H10O7. The van der Waals surface area contributed by atoms with Crippen molar-refractivity contribution in [2.45, 2.75) is 35.8 Å². The fourth-order valence-electron chi connectivity index (χ4n) is 5.61. The molecule has 8 rings (SSSR count). The Morgan fingerprint density at radius 2 is 1.74 bits per heavy atom. The minimum Gasteiger partial charge on any atom is -0.507 e. The smallest absolute Gasteiger partial charge is 0.269 e. The summed E-state index contributed by atoms with van der Waals surface area (Å²) in [6.45, 7) is 0. The van der Waals surface area contributed by atoms with Crippen LogP contribution in [0.25, 0.3) is 0 Å². The lowest BCUT2D eigenvalue weighted by atomic mass is 9.73. The lowest BCUT2D eigenvalue weighted by Crippen LogP contribution is -2.53. The standard InChI is InChI=1S/C20H10O7/c21-8-5-4-7-12-10(8)14(23)16-18(25-16)20(12)26-9-3-1-2-6-11(9)19(7,27-20)17-15(24-17)13(6)22/h1-5,15-18,21H/t15-,16-,17-,18-,19-,20+/m1/s1. The van der Waals surface area contributed by atoms with E-state index >= 15 is 0 Å². The average molecular weight is 362 g/mol. The number of phenolic OH excluding ortho intramolecular Hbond substituents is 1. The Morgan fingerprint density at radius 3 is 2.63 bits per heavy atom. The van der Waals surface area contributed by atoms with Crippen LogP contribution >= 0.6 is 0 Å². The van der Waals surface area contributed by atoms with Crippen molar-refractivity contribution >= 4 is 11.6 Å². The molecular weight excluding hydrogens is 352 g/mol. The fourth-order valence-corrected chi connectivity index (χ4v) is 5.61. The van der Waals surface area contributed by atoms with Crippen molar-refractivity contribution < 1.29 is 33.6 Å². The first-order valence-electron chi connectivity index (χ1n) is 8.87. The summed E-state index contributed by atoms with van der Waals surface area (Å²) in [5, 5.41) is 10.4. The molecule has 2 aliphatic carbocycles. The van der Waals surface area contributed by atoms with Crippen molar-refractivity contribution in [3.63, 3.8) is 0 Å². The van der Waals surface area contributed by atoms with Gasteiger partial charge in [0.15, 0.2) is 35.5 Å². The second-order valence-electron chi connectivity index (χ2n) is 7.85. The van der Waals surface area contributed by atoms with E-state index in [9.17, 15) is 14.7 Å². The molecule has 4 heterocycles. The third-order valence-electron chi connectivity index (χ3n) is 6.69. The van der Waals surface area contributed by atoms with Gasteiger partial charge in [-0.25, -0.2) is 0 Å². The zero-order valence-electron chi connectivity index (χ0n) is 13.6. The quantitative estimate of drug-likeness (QED) is 0.702. The molecule has 0 aromatic heterocycles. The van der Waals surface area contributed by atoms with Crippen LogP contribution < -0.4 is 4.74 Å². The number of benzene rings is 2. The minimum atomic E-state index is -1.31. The van der Waals surface area contributed by atoms with Crippen LogP contribution in [0.3, 0.4) is 0 Å². The number of Topliss-reactive ketones (excluding diaryl/α,β-unsaturated/α-hetero) is 2. The van der Waals surface area contributed by atoms with Gasteiger partial charge in [-0.05, 0) is 12.1 Å². The molecule has 132 valence electrons. The number of ketones is 2. The normalized spacial score (nSPS) is 42.5. The van der Waals surface area contributed by atoms with Gasteiger partial charge < -0.3 is 24.1 Å². The maximum atomic E-state index is 12.8. The molecule has 0 radical (unpaired) electrons. The van der Waals surface area contributed by atoms with Gasteiger partial charge in [0.05, 0.1) is 5.56 Å². The molecule has 0 saturated carbocycles. The number of aromatic hydroxyl groups is 1. The van der Waals surface area contributed by atoms with Crippen LogP contribution in [-0.2, 0) is 25.6 Å². The number of rotatable bonds is 0. The van der Waals surface area contributed by atoms with E-state index in [1.165, 1.54) is 6.07 Å². The molecule has 2 spiro atoms. The van der Waals surface area contributed by atoms with Crippen LogP contribution in [0.2, 0.25) is 0 Å². The predicted molar refractivity (Wildman–Crippen MR) is 84.7 cm³/mol. The van der Waals surface area contributed by atoms with Crippen LogP contribution in [0.15, 0.2) is 30.3 Å². The van der Waals surface area contributed by atoms with Crippen LogP contribution in [0.5, 0.6) is 11.5 Å². The Balaban J connectivity index is 1.58.